The molecule has 6 nitrogen and oxygen atoms in total. The van der Waals surface area contributed by atoms with Crippen molar-refractivity contribution in [1.29, 1.82) is 0 Å². The lowest BCUT2D eigenvalue weighted by molar-refractivity contribution is -0.130. The van der Waals surface area contributed by atoms with Crippen molar-refractivity contribution in [3.8, 4) is 10.9 Å². The lowest BCUT2D eigenvalue weighted by atomic mass is 10.0. The molecule has 7 heteroatoms. The van der Waals surface area contributed by atoms with Crippen LogP contribution < -0.4 is 4.74 Å². The number of carbonyl (C=O) groups excluding carboxylic acids is 1. The first-order chi connectivity index (χ1) is 15.1. The standard InChI is InChI=1S/C24H27N3O3S/c28-19-15-23(29)27(16-19)18-10-13-26(14-11-18)12-9-17-5-7-20(8-6-17)30-24-25-21-3-1-2-4-22(21)31-24/h1-8,18-19,28H,9-16H2/t19-/m0/s1. The Balaban J connectivity index is 1.09. The van der Waals surface area contributed by atoms with Gasteiger partial charge < -0.3 is 19.6 Å². The molecule has 31 heavy (non-hydrogen) atoms. The number of hydrogen-bond acceptors (Lipinski definition) is 6. The van der Waals surface area contributed by atoms with E-state index in [2.05, 4.69) is 28.1 Å². The molecule has 5 rings (SSSR count). The summed E-state index contributed by atoms with van der Waals surface area (Å²) in [4.78, 5) is 20.9. The Kier molecular flexibility index (Phi) is 5.89. The van der Waals surface area contributed by atoms with Crippen LogP contribution in [0.2, 0.25) is 0 Å². The highest BCUT2D eigenvalue weighted by molar-refractivity contribution is 7.20. The molecule has 2 aliphatic heterocycles. The maximum absolute atomic E-state index is 12.0. The van der Waals surface area contributed by atoms with Crippen molar-refractivity contribution < 1.29 is 14.6 Å². The Morgan fingerprint density at radius 1 is 1.10 bits per heavy atom. The Labute approximate surface area is 186 Å². The van der Waals surface area contributed by atoms with E-state index < -0.39 is 6.10 Å². The highest BCUT2D eigenvalue weighted by atomic mass is 32.1. The van der Waals surface area contributed by atoms with Crippen molar-refractivity contribution in [1.82, 2.24) is 14.8 Å². The SMILES string of the molecule is O=C1C[C@H](O)CN1C1CCN(CCc2ccc(Oc3nc4ccccc4s3)cc2)CC1. The van der Waals surface area contributed by atoms with Gasteiger partial charge in [-0.3, -0.25) is 4.79 Å². The van der Waals surface area contributed by atoms with Gasteiger partial charge in [0, 0.05) is 32.2 Å². The van der Waals surface area contributed by atoms with Gasteiger partial charge in [-0.15, -0.1) is 0 Å². The zero-order chi connectivity index (χ0) is 21.2. The van der Waals surface area contributed by atoms with Crippen LogP contribution in [0.3, 0.4) is 0 Å². The molecule has 0 bridgehead atoms. The van der Waals surface area contributed by atoms with E-state index in [4.69, 9.17) is 4.74 Å². The molecule has 3 heterocycles. The van der Waals surface area contributed by atoms with Crippen molar-refractivity contribution >= 4 is 27.5 Å². The molecule has 0 spiro atoms. The second kappa shape index (κ2) is 8.94. The predicted molar refractivity (Wildman–Crippen MR) is 122 cm³/mol. The maximum atomic E-state index is 12.0. The third-order valence-corrected chi connectivity index (χ3v) is 7.17. The van der Waals surface area contributed by atoms with Crippen LogP contribution >= 0.6 is 11.3 Å². The van der Waals surface area contributed by atoms with Crippen LogP contribution in [-0.2, 0) is 11.2 Å². The maximum Gasteiger partial charge on any atom is 0.279 e. The van der Waals surface area contributed by atoms with Crippen molar-refractivity contribution in [2.75, 3.05) is 26.2 Å². The van der Waals surface area contributed by atoms with Crippen LogP contribution in [0.4, 0.5) is 0 Å². The number of β-amino-alcohol motifs (C(OH)–C–C–N with tert-alkyl or cyclic N) is 1. The molecule has 1 amide bonds. The van der Waals surface area contributed by atoms with Gasteiger partial charge >= 0.3 is 0 Å². The number of piperidine rings is 1. The molecule has 1 N–H and O–H groups in total. The lowest BCUT2D eigenvalue weighted by Crippen LogP contribution is -2.46. The highest BCUT2D eigenvalue weighted by Crippen LogP contribution is 2.31. The summed E-state index contributed by atoms with van der Waals surface area (Å²) in [6.45, 7) is 3.53. The van der Waals surface area contributed by atoms with E-state index in [0.717, 1.165) is 54.9 Å². The number of benzene rings is 2. The average molecular weight is 438 g/mol. The van der Waals surface area contributed by atoms with Gasteiger partial charge in [0.1, 0.15) is 5.75 Å². The molecule has 162 valence electrons. The zero-order valence-corrected chi connectivity index (χ0v) is 18.3. The number of para-hydroxylation sites is 1. The van der Waals surface area contributed by atoms with Crippen LogP contribution in [0.5, 0.6) is 10.9 Å². The van der Waals surface area contributed by atoms with Gasteiger partial charge in [-0.05, 0) is 49.1 Å². The molecule has 2 aromatic carbocycles. The summed E-state index contributed by atoms with van der Waals surface area (Å²) in [5.41, 5.74) is 2.25. The van der Waals surface area contributed by atoms with E-state index in [1.54, 1.807) is 11.3 Å². The number of thiazole rings is 1. The van der Waals surface area contributed by atoms with Crippen LogP contribution in [0, 0.1) is 0 Å². The monoisotopic (exact) mass is 437 g/mol. The molecular formula is C24H27N3O3S. The quantitative estimate of drug-likeness (QED) is 0.637. The minimum Gasteiger partial charge on any atom is -0.431 e. The minimum atomic E-state index is -0.480. The molecule has 1 aromatic heterocycles. The molecule has 2 saturated heterocycles. The van der Waals surface area contributed by atoms with Gasteiger partial charge in [-0.2, -0.15) is 0 Å². The molecule has 0 aliphatic carbocycles. The van der Waals surface area contributed by atoms with E-state index in [1.165, 1.54) is 5.56 Å². The van der Waals surface area contributed by atoms with Crippen LogP contribution in [0.25, 0.3) is 10.2 Å². The summed E-state index contributed by atoms with van der Waals surface area (Å²) in [5.74, 6) is 0.917. The Morgan fingerprint density at radius 2 is 1.87 bits per heavy atom. The summed E-state index contributed by atoms with van der Waals surface area (Å²) in [5, 5.41) is 10.4. The molecule has 0 unspecified atom stereocenters. The molecule has 2 fully saturated rings. The van der Waals surface area contributed by atoms with Crippen LogP contribution in [0.1, 0.15) is 24.8 Å². The number of ether oxygens (including phenoxy) is 1. The Bertz CT molecular complexity index is 1010. The van der Waals surface area contributed by atoms with Crippen LogP contribution in [0.15, 0.2) is 48.5 Å². The first-order valence-electron chi connectivity index (χ1n) is 11.0. The molecule has 0 radical (unpaired) electrons. The number of nitrogens with zero attached hydrogens (tertiary/aromatic N) is 3. The number of aliphatic hydroxyl groups excluding tert-OH is 1. The molecule has 0 saturated carbocycles. The first kappa shape index (κ1) is 20.4. The average Bonchev–Trinajstić information content (AvgIpc) is 3.35. The summed E-state index contributed by atoms with van der Waals surface area (Å²) in [6.07, 6.45) is 2.79. The second-order valence-corrected chi connectivity index (χ2v) is 9.41. The van der Waals surface area contributed by atoms with Gasteiger partial charge in [-0.25, -0.2) is 4.98 Å². The van der Waals surface area contributed by atoms with Gasteiger partial charge in [0.25, 0.3) is 5.19 Å². The first-order valence-corrected chi connectivity index (χ1v) is 11.8. The van der Waals surface area contributed by atoms with Crippen molar-refractivity contribution in [2.45, 2.75) is 37.8 Å². The van der Waals surface area contributed by atoms with E-state index in [1.807, 2.05) is 35.2 Å². The summed E-state index contributed by atoms with van der Waals surface area (Å²) in [7, 11) is 0. The number of likely N-dealkylation sites (tertiary alicyclic amines) is 2. The van der Waals surface area contributed by atoms with Gasteiger partial charge in [0.15, 0.2) is 0 Å². The lowest BCUT2D eigenvalue weighted by Gasteiger charge is -2.36. The smallest absolute Gasteiger partial charge is 0.279 e. The molecule has 1 atom stereocenters. The Hall–Kier alpha value is -2.48. The van der Waals surface area contributed by atoms with Crippen LogP contribution in [-0.4, -0.2) is 64.1 Å². The number of carbonyl (C=O) groups is 1. The number of amides is 1. The zero-order valence-electron chi connectivity index (χ0n) is 17.4. The van der Waals surface area contributed by atoms with Crippen molar-refractivity contribution in [3.05, 3.63) is 54.1 Å². The summed E-state index contributed by atoms with van der Waals surface area (Å²) < 4.78 is 7.06. The molecular weight excluding hydrogens is 410 g/mol. The van der Waals surface area contributed by atoms with E-state index in [-0.39, 0.29) is 5.91 Å². The summed E-state index contributed by atoms with van der Waals surface area (Å²) >= 11 is 1.56. The minimum absolute atomic E-state index is 0.110. The number of aliphatic hydroxyl groups is 1. The Morgan fingerprint density at radius 3 is 2.58 bits per heavy atom. The highest BCUT2D eigenvalue weighted by Gasteiger charge is 2.34. The van der Waals surface area contributed by atoms with E-state index >= 15 is 0 Å². The number of rotatable bonds is 6. The topological polar surface area (TPSA) is 65.9 Å². The largest absolute Gasteiger partial charge is 0.431 e. The summed E-state index contributed by atoms with van der Waals surface area (Å²) in [6, 6.07) is 16.6. The fourth-order valence-electron chi connectivity index (χ4n) is 4.53. The fourth-order valence-corrected chi connectivity index (χ4v) is 5.36. The van der Waals surface area contributed by atoms with Gasteiger partial charge in [0.2, 0.25) is 5.91 Å². The number of hydrogen-bond donors (Lipinski definition) is 1. The molecule has 3 aromatic rings. The van der Waals surface area contributed by atoms with Gasteiger partial charge in [-0.1, -0.05) is 35.6 Å². The van der Waals surface area contributed by atoms with Crippen molar-refractivity contribution in [2.24, 2.45) is 0 Å². The van der Waals surface area contributed by atoms with E-state index in [0.29, 0.717) is 24.2 Å². The van der Waals surface area contributed by atoms with Crippen molar-refractivity contribution in [3.63, 3.8) is 0 Å². The third-order valence-electron chi connectivity index (χ3n) is 6.26. The number of aromatic nitrogens is 1. The second-order valence-electron chi connectivity index (χ2n) is 8.42. The van der Waals surface area contributed by atoms with E-state index in [9.17, 15) is 9.90 Å². The van der Waals surface area contributed by atoms with Gasteiger partial charge in [0.05, 0.1) is 22.7 Å². The third kappa shape index (κ3) is 4.74. The number of fused-ring (bicyclic) bond motifs is 1. The predicted octanol–water partition coefficient (Wildman–Crippen LogP) is 3.69. The fraction of sp³-hybridized carbons (Fsp3) is 0.417. The molecule has 2 aliphatic rings. The normalized spacial score (nSPS) is 20.6.